The van der Waals surface area contributed by atoms with Crippen LogP contribution in [-0.4, -0.2) is 0 Å². The van der Waals surface area contributed by atoms with E-state index in [1.807, 2.05) is 0 Å². The van der Waals surface area contributed by atoms with Crippen LogP contribution in [0.15, 0.2) is 30.3 Å². The minimum atomic E-state index is -4.65. The van der Waals surface area contributed by atoms with Gasteiger partial charge in [-0.3, -0.25) is 0 Å². The first-order chi connectivity index (χ1) is 9.21. The lowest BCUT2D eigenvalue weighted by Gasteiger charge is -2.14. The Morgan fingerprint density at radius 3 is 2.40 bits per heavy atom. The highest BCUT2D eigenvalue weighted by Gasteiger charge is 2.34. The molecule has 0 fully saturated rings. The second-order valence-electron chi connectivity index (χ2n) is 4.35. The van der Waals surface area contributed by atoms with Gasteiger partial charge < -0.3 is 5.73 Å². The average Bonchev–Trinajstić information content (AvgIpc) is 2.34. The highest BCUT2D eigenvalue weighted by Crippen LogP contribution is 2.40. The van der Waals surface area contributed by atoms with Gasteiger partial charge in [-0.2, -0.15) is 13.2 Å². The number of aryl methyl sites for hydroxylation is 1. The summed E-state index contributed by atoms with van der Waals surface area (Å²) in [6.45, 7) is 1.53. The minimum absolute atomic E-state index is 0.0396. The third-order valence-corrected chi connectivity index (χ3v) is 3.25. The Kier molecular flexibility index (Phi) is 3.65. The van der Waals surface area contributed by atoms with Crippen LogP contribution in [0.4, 0.5) is 23.2 Å². The van der Waals surface area contributed by atoms with E-state index < -0.39 is 23.2 Å². The molecule has 20 heavy (non-hydrogen) atoms. The number of halogens is 5. The van der Waals surface area contributed by atoms with Crippen molar-refractivity contribution in [2.75, 3.05) is 5.73 Å². The zero-order valence-corrected chi connectivity index (χ0v) is 11.1. The van der Waals surface area contributed by atoms with Gasteiger partial charge in [-0.1, -0.05) is 29.8 Å². The second kappa shape index (κ2) is 4.98. The lowest BCUT2D eigenvalue weighted by Crippen LogP contribution is -2.09. The third kappa shape index (κ3) is 2.58. The largest absolute Gasteiger partial charge is 0.418 e. The van der Waals surface area contributed by atoms with Crippen molar-refractivity contribution < 1.29 is 17.6 Å². The van der Waals surface area contributed by atoms with Crippen LogP contribution < -0.4 is 5.73 Å². The van der Waals surface area contributed by atoms with Crippen LogP contribution in [0, 0.1) is 12.7 Å². The Labute approximate surface area is 118 Å². The zero-order chi connectivity index (χ0) is 15.1. The van der Waals surface area contributed by atoms with E-state index in [4.69, 9.17) is 17.3 Å². The van der Waals surface area contributed by atoms with Gasteiger partial charge in [0, 0.05) is 5.56 Å². The van der Waals surface area contributed by atoms with E-state index in [-0.39, 0.29) is 16.1 Å². The van der Waals surface area contributed by atoms with Gasteiger partial charge in [0.1, 0.15) is 5.82 Å². The molecule has 1 nitrogen and oxygen atoms in total. The van der Waals surface area contributed by atoms with E-state index in [1.165, 1.54) is 25.1 Å². The first kappa shape index (κ1) is 14.7. The smallest absolute Gasteiger partial charge is 0.397 e. The number of hydrogen-bond acceptors (Lipinski definition) is 1. The van der Waals surface area contributed by atoms with Crippen molar-refractivity contribution in [3.63, 3.8) is 0 Å². The number of anilines is 1. The van der Waals surface area contributed by atoms with Crippen LogP contribution in [0.1, 0.15) is 11.1 Å². The second-order valence-corrected chi connectivity index (χ2v) is 4.76. The molecular weight excluding hydrogens is 294 g/mol. The highest BCUT2D eigenvalue weighted by atomic mass is 35.5. The Balaban J connectivity index is 2.71. The van der Waals surface area contributed by atoms with Gasteiger partial charge in [-0.15, -0.1) is 0 Å². The molecular formula is C14H10ClF4N. The van der Waals surface area contributed by atoms with E-state index in [0.29, 0.717) is 5.56 Å². The summed E-state index contributed by atoms with van der Waals surface area (Å²) in [4.78, 5) is 0. The average molecular weight is 304 g/mol. The quantitative estimate of drug-likeness (QED) is 0.578. The molecule has 0 unspecified atom stereocenters. The summed E-state index contributed by atoms with van der Waals surface area (Å²) in [5.41, 5.74) is 4.14. The SMILES string of the molecule is Cc1cccc(-c2cc(Cl)c(N)c(C(F)(F)F)c2)c1F. The fraction of sp³-hybridized carbons (Fsp3) is 0.143. The molecule has 0 saturated heterocycles. The van der Waals surface area contributed by atoms with Crippen molar-refractivity contribution in [2.45, 2.75) is 13.1 Å². The van der Waals surface area contributed by atoms with E-state index in [0.717, 1.165) is 6.07 Å². The molecule has 6 heteroatoms. The Morgan fingerprint density at radius 2 is 1.80 bits per heavy atom. The first-order valence-corrected chi connectivity index (χ1v) is 6.01. The molecule has 0 heterocycles. The lowest BCUT2D eigenvalue weighted by atomic mass is 9.99. The summed E-state index contributed by atoms with van der Waals surface area (Å²) in [6, 6.07) is 6.51. The van der Waals surface area contributed by atoms with Gasteiger partial charge >= 0.3 is 6.18 Å². The van der Waals surface area contributed by atoms with Crippen molar-refractivity contribution in [3.8, 4) is 11.1 Å². The predicted octanol–water partition coefficient (Wildman–Crippen LogP) is 5.06. The van der Waals surface area contributed by atoms with E-state index in [2.05, 4.69) is 0 Å². The highest BCUT2D eigenvalue weighted by molar-refractivity contribution is 6.33. The van der Waals surface area contributed by atoms with Crippen molar-refractivity contribution in [2.24, 2.45) is 0 Å². The molecule has 2 aromatic carbocycles. The standard InChI is InChI=1S/C14H10ClF4N/c1-7-3-2-4-9(12(7)16)8-5-10(14(17,18)19)13(20)11(15)6-8/h2-6H,20H2,1H3. The van der Waals surface area contributed by atoms with E-state index in [1.54, 1.807) is 6.07 Å². The van der Waals surface area contributed by atoms with Crippen LogP contribution in [0.25, 0.3) is 11.1 Å². The number of alkyl halides is 3. The maximum atomic E-state index is 14.0. The molecule has 0 spiro atoms. The molecule has 0 bridgehead atoms. The number of hydrogen-bond donors (Lipinski definition) is 1. The summed E-state index contributed by atoms with van der Waals surface area (Å²) in [6.07, 6.45) is -4.65. The minimum Gasteiger partial charge on any atom is -0.397 e. The number of nitrogens with two attached hydrogens (primary N) is 1. The number of rotatable bonds is 1. The van der Waals surface area contributed by atoms with E-state index in [9.17, 15) is 17.6 Å². The van der Waals surface area contributed by atoms with Gasteiger partial charge in [0.2, 0.25) is 0 Å². The molecule has 0 aliphatic carbocycles. The van der Waals surface area contributed by atoms with Crippen LogP contribution in [-0.2, 0) is 6.18 Å². The lowest BCUT2D eigenvalue weighted by molar-refractivity contribution is -0.136. The van der Waals surface area contributed by atoms with Gasteiger partial charge in [0.25, 0.3) is 0 Å². The van der Waals surface area contributed by atoms with E-state index >= 15 is 0 Å². The topological polar surface area (TPSA) is 26.0 Å². The molecule has 2 rings (SSSR count). The van der Waals surface area contributed by atoms with Gasteiger partial charge in [-0.25, -0.2) is 4.39 Å². The van der Waals surface area contributed by atoms with Crippen molar-refractivity contribution in [1.82, 2.24) is 0 Å². The van der Waals surface area contributed by atoms with Crippen molar-refractivity contribution in [1.29, 1.82) is 0 Å². The summed E-state index contributed by atoms with van der Waals surface area (Å²) in [7, 11) is 0. The maximum Gasteiger partial charge on any atom is 0.418 e. The summed E-state index contributed by atoms with van der Waals surface area (Å²) in [5.74, 6) is -0.582. The van der Waals surface area contributed by atoms with Crippen LogP contribution in [0.2, 0.25) is 5.02 Å². The Hall–Kier alpha value is -1.75. The van der Waals surface area contributed by atoms with Gasteiger partial charge in [-0.05, 0) is 30.2 Å². The number of nitrogen functional groups attached to an aromatic ring is 1. The molecule has 106 valence electrons. The molecule has 0 amide bonds. The monoisotopic (exact) mass is 303 g/mol. The van der Waals surface area contributed by atoms with Crippen molar-refractivity contribution in [3.05, 3.63) is 52.3 Å². The molecule has 0 aliphatic heterocycles. The predicted molar refractivity (Wildman–Crippen MR) is 71.0 cm³/mol. The van der Waals surface area contributed by atoms with Crippen molar-refractivity contribution >= 4 is 17.3 Å². The maximum absolute atomic E-state index is 14.0. The number of benzene rings is 2. The normalized spacial score (nSPS) is 11.7. The van der Waals surface area contributed by atoms with Crippen LogP contribution in [0.5, 0.6) is 0 Å². The molecule has 0 aliphatic rings. The van der Waals surface area contributed by atoms with Gasteiger partial charge in [0.15, 0.2) is 0 Å². The third-order valence-electron chi connectivity index (χ3n) is 2.94. The Bertz CT molecular complexity index is 665. The summed E-state index contributed by atoms with van der Waals surface area (Å²) < 4.78 is 52.6. The molecule has 0 radical (unpaired) electrons. The summed E-state index contributed by atoms with van der Waals surface area (Å²) >= 11 is 5.72. The fourth-order valence-corrected chi connectivity index (χ4v) is 2.10. The summed E-state index contributed by atoms with van der Waals surface area (Å²) in [5, 5.41) is -0.254. The fourth-order valence-electron chi connectivity index (χ4n) is 1.88. The molecule has 0 atom stereocenters. The zero-order valence-electron chi connectivity index (χ0n) is 10.4. The molecule has 2 aromatic rings. The molecule has 2 N–H and O–H groups in total. The van der Waals surface area contributed by atoms with Crippen LogP contribution in [0.3, 0.4) is 0 Å². The Morgan fingerprint density at radius 1 is 1.15 bits per heavy atom. The van der Waals surface area contributed by atoms with Gasteiger partial charge in [0.05, 0.1) is 16.3 Å². The molecule has 0 aromatic heterocycles. The van der Waals surface area contributed by atoms with Crippen LogP contribution >= 0.6 is 11.6 Å². The first-order valence-electron chi connectivity index (χ1n) is 5.63. The molecule has 0 saturated carbocycles.